The number of benzene rings is 1. The highest BCUT2D eigenvalue weighted by Gasteiger charge is 2.16. The van der Waals surface area contributed by atoms with Gasteiger partial charge in [-0.1, -0.05) is 49.6 Å². The number of urea groups is 1. The summed E-state index contributed by atoms with van der Waals surface area (Å²) in [5, 5.41) is 15.6. The molecular weight excluding hydrogens is 240 g/mol. The van der Waals surface area contributed by atoms with Crippen LogP contribution in [-0.4, -0.2) is 23.7 Å². The second-order valence-corrected chi connectivity index (χ2v) is 5.12. The van der Waals surface area contributed by atoms with Crippen LogP contribution in [0, 0.1) is 0 Å². The Kier molecular flexibility index (Phi) is 5.21. The highest BCUT2D eigenvalue weighted by atomic mass is 16.3. The molecule has 1 fully saturated rings. The van der Waals surface area contributed by atoms with E-state index in [1.165, 1.54) is 19.3 Å². The van der Waals surface area contributed by atoms with Gasteiger partial charge in [-0.2, -0.15) is 0 Å². The molecule has 0 radical (unpaired) electrons. The highest BCUT2D eigenvalue weighted by molar-refractivity contribution is 5.74. The maximum absolute atomic E-state index is 11.7. The lowest BCUT2D eigenvalue weighted by Crippen LogP contribution is -2.44. The second-order valence-electron chi connectivity index (χ2n) is 5.12. The molecule has 1 aromatic rings. The van der Waals surface area contributed by atoms with Crippen molar-refractivity contribution in [1.29, 1.82) is 0 Å². The molecule has 3 N–H and O–H groups in total. The van der Waals surface area contributed by atoms with Crippen molar-refractivity contribution in [2.45, 2.75) is 44.2 Å². The first-order valence-electron chi connectivity index (χ1n) is 7.03. The van der Waals surface area contributed by atoms with E-state index in [2.05, 4.69) is 10.6 Å². The van der Waals surface area contributed by atoms with Gasteiger partial charge >= 0.3 is 6.03 Å². The van der Waals surface area contributed by atoms with Gasteiger partial charge in [0.15, 0.2) is 0 Å². The molecule has 0 spiro atoms. The molecule has 0 heterocycles. The van der Waals surface area contributed by atoms with Crippen LogP contribution < -0.4 is 10.6 Å². The molecule has 1 atom stereocenters. The van der Waals surface area contributed by atoms with Crippen LogP contribution in [0.2, 0.25) is 0 Å². The molecule has 19 heavy (non-hydrogen) atoms. The lowest BCUT2D eigenvalue weighted by atomic mass is 9.96. The average Bonchev–Trinajstić information content (AvgIpc) is 2.47. The van der Waals surface area contributed by atoms with Gasteiger partial charge in [-0.25, -0.2) is 4.79 Å². The van der Waals surface area contributed by atoms with E-state index >= 15 is 0 Å². The maximum atomic E-state index is 11.7. The van der Waals surface area contributed by atoms with Crippen LogP contribution in [0.15, 0.2) is 30.3 Å². The Hall–Kier alpha value is -1.55. The van der Waals surface area contributed by atoms with Crippen LogP contribution in [0.1, 0.15) is 43.8 Å². The van der Waals surface area contributed by atoms with Gasteiger partial charge in [0.2, 0.25) is 0 Å². The van der Waals surface area contributed by atoms with Crippen LogP contribution in [-0.2, 0) is 0 Å². The maximum Gasteiger partial charge on any atom is 0.315 e. The molecule has 4 nitrogen and oxygen atoms in total. The number of aliphatic hydroxyl groups excluding tert-OH is 1. The van der Waals surface area contributed by atoms with Crippen LogP contribution in [0.3, 0.4) is 0 Å². The van der Waals surface area contributed by atoms with Gasteiger partial charge in [-0.05, 0) is 18.4 Å². The molecule has 0 saturated heterocycles. The number of hydrogen-bond acceptors (Lipinski definition) is 2. The fourth-order valence-corrected chi connectivity index (χ4v) is 2.47. The minimum atomic E-state index is -0.654. The van der Waals surface area contributed by atoms with Crippen molar-refractivity contribution in [1.82, 2.24) is 10.6 Å². The third-order valence-corrected chi connectivity index (χ3v) is 3.58. The Balaban J connectivity index is 1.71. The number of carbonyl (C=O) groups is 1. The number of aliphatic hydroxyl groups is 1. The quantitative estimate of drug-likeness (QED) is 0.780. The Morgan fingerprint density at radius 2 is 1.89 bits per heavy atom. The van der Waals surface area contributed by atoms with Crippen LogP contribution in [0.25, 0.3) is 0 Å². The van der Waals surface area contributed by atoms with Crippen molar-refractivity contribution >= 4 is 6.03 Å². The summed E-state index contributed by atoms with van der Waals surface area (Å²) in [5.41, 5.74) is 0.820. The normalized spacial score (nSPS) is 17.7. The van der Waals surface area contributed by atoms with Crippen molar-refractivity contribution in [3.8, 4) is 0 Å². The number of rotatable bonds is 4. The summed E-state index contributed by atoms with van der Waals surface area (Å²) in [7, 11) is 0. The van der Waals surface area contributed by atoms with E-state index in [1.54, 1.807) is 0 Å². The number of carbonyl (C=O) groups excluding carboxylic acids is 1. The monoisotopic (exact) mass is 262 g/mol. The SMILES string of the molecule is O=C(NC[C@H](O)c1ccccc1)NC1CCCCC1. The van der Waals surface area contributed by atoms with E-state index in [0.29, 0.717) is 6.04 Å². The van der Waals surface area contributed by atoms with Crippen molar-refractivity contribution in [2.75, 3.05) is 6.54 Å². The summed E-state index contributed by atoms with van der Waals surface area (Å²) in [5.74, 6) is 0. The molecule has 104 valence electrons. The van der Waals surface area contributed by atoms with Crippen molar-refractivity contribution in [3.63, 3.8) is 0 Å². The molecule has 2 amide bonds. The standard InChI is InChI=1S/C15H22N2O2/c18-14(12-7-3-1-4-8-12)11-16-15(19)17-13-9-5-2-6-10-13/h1,3-4,7-8,13-14,18H,2,5-6,9-11H2,(H2,16,17,19)/t14-/m0/s1. The number of nitrogens with one attached hydrogen (secondary N) is 2. The third kappa shape index (κ3) is 4.56. The zero-order valence-electron chi connectivity index (χ0n) is 11.1. The molecule has 1 aromatic carbocycles. The molecule has 0 bridgehead atoms. The highest BCUT2D eigenvalue weighted by Crippen LogP contribution is 2.17. The van der Waals surface area contributed by atoms with E-state index in [9.17, 15) is 9.90 Å². The van der Waals surface area contributed by atoms with Crippen LogP contribution in [0.5, 0.6) is 0 Å². The molecule has 1 saturated carbocycles. The molecule has 1 aliphatic rings. The van der Waals surface area contributed by atoms with Gasteiger partial charge in [0, 0.05) is 12.6 Å². The predicted molar refractivity (Wildman–Crippen MR) is 74.8 cm³/mol. The Bertz CT molecular complexity index is 388. The fraction of sp³-hybridized carbons (Fsp3) is 0.533. The van der Waals surface area contributed by atoms with Gasteiger partial charge in [-0.15, -0.1) is 0 Å². The molecule has 4 heteroatoms. The van der Waals surface area contributed by atoms with Crippen LogP contribution >= 0.6 is 0 Å². The van der Waals surface area contributed by atoms with Crippen molar-refractivity contribution in [3.05, 3.63) is 35.9 Å². The summed E-state index contributed by atoms with van der Waals surface area (Å²) in [4.78, 5) is 11.7. The zero-order chi connectivity index (χ0) is 13.5. The summed E-state index contributed by atoms with van der Waals surface area (Å²) < 4.78 is 0. The lowest BCUT2D eigenvalue weighted by Gasteiger charge is -2.23. The Labute approximate surface area is 114 Å². The molecule has 2 rings (SSSR count). The largest absolute Gasteiger partial charge is 0.387 e. The smallest absolute Gasteiger partial charge is 0.315 e. The first-order valence-corrected chi connectivity index (χ1v) is 7.03. The second kappa shape index (κ2) is 7.14. The van der Waals surface area contributed by atoms with Gasteiger partial charge < -0.3 is 15.7 Å². The average molecular weight is 262 g/mol. The van der Waals surface area contributed by atoms with Gasteiger partial charge in [-0.3, -0.25) is 0 Å². The molecule has 1 aliphatic carbocycles. The Morgan fingerprint density at radius 3 is 2.58 bits per heavy atom. The lowest BCUT2D eigenvalue weighted by molar-refractivity contribution is 0.172. The van der Waals surface area contributed by atoms with Crippen molar-refractivity contribution < 1.29 is 9.90 Å². The van der Waals surface area contributed by atoms with E-state index in [4.69, 9.17) is 0 Å². The molecule has 0 unspecified atom stereocenters. The van der Waals surface area contributed by atoms with Crippen LogP contribution in [0.4, 0.5) is 4.79 Å². The van der Waals surface area contributed by atoms with E-state index in [0.717, 1.165) is 18.4 Å². The summed E-state index contributed by atoms with van der Waals surface area (Å²) in [6, 6.07) is 9.47. The first kappa shape index (κ1) is 13.9. The number of hydrogen-bond donors (Lipinski definition) is 3. The van der Waals surface area contributed by atoms with Gasteiger partial charge in [0.05, 0.1) is 6.10 Å². The Morgan fingerprint density at radius 1 is 1.21 bits per heavy atom. The fourth-order valence-electron chi connectivity index (χ4n) is 2.47. The third-order valence-electron chi connectivity index (χ3n) is 3.58. The minimum absolute atomic E-state index is 0.179. The van der Waals surface area contributed by atoms with Gasteiger partial charge in [0.1, 0.15) is 0 Å². The number of amides is 2. The minimum Gasteiger partial charge on any atom is -0.387 e. The molecule has 0 aliphatic heterocycles. The van der Waals surface area contributed by atoms with E-state index < -0.39 is 6.10 Å². The van der Waals surface area contributed by atoms with E-state index in [1.807, 2.05) is 30.3 Å². The topological polar surface area (TPSA) is 61.4 Å². The summed E-state index contributed by atoms with van der Waals surface area (Å²) in [6.45, 7) is 0.239. The zero-order valence-corrected chi connectivity index (χ0v) is 11.1. The predicted octanol–water partition coefficient (Wildman–Crippen LogP) is 2.35. The molecular formula is C15H22N2O2. The summed E-state index contributed by atoms with van der Waals surface area (Å²) in [6.07, 6.45) is 5.13. The van der Waals surface area contributed by atoms with Gasteiger partial charge in [0.25, 0.3) is 0 Å². The first-order chi connectivity index (χ1) is 9.25. The molecule has 0 aromatic heterocycles. The van der Waals surface area contributed by atoms with E-state index in [-0.39, 0.29) is 12.6 Å². The summed E-state index contributed by atoms with van der Waals surface area (Å²) >= 11 is 0. The van der Waals surface area contributed by atoms with Crippen molar-refractivity contribution in [2.24, 2.45) is 0 Å².